The summed E-state index contributed by atoms with van der Waals surface area (Å²) in [6.07, 6.45) is 8.99. The molecule has 0 bridgehead atoms. The van der Waals surface area contributed by atoms with Crippen molar-refractivity contribution in [2.45, 2.75) is 45.8 Å². The summed E-state index contributed by atoms with van der Waals surface area (Å²) >= 11 is 0. The number of hydrogen-bond donors (Lipinski definition) is 4. The largest absolute Gasteiger partial charge is 0.449 e. The van der Waals surface area contributed by atoms with Crippen LogP contribution in [-0.2, 0) is 35.3 Å². The lowest BCUT2D eigenvalue weighted by atomic mass is 9.82. The van der Waals surface area contributed by atoms with E-state index in [9.17, 15) is 38.3 Å². The van der Waals surface area contributed by atoms with Crippen molar-refractivity contribution >= 4 is 45.7 Å². The van der Waals surface area contributed by atoms with E-state index in [1.165, 1.54) is 4.90 Å². The zero-order valence-electron chi connectivity index (χ0n) is 34.3. The molecule has 6 amide bonds. The van der Waals surface area contributed by atoms with Gasteiger partial charge in [-0.05, 0) is 60.4 Å². The zero-order valence-corrected chi connectivity index (χ0v) is 35.1. The topological polar surface area (TPSA) is 179 Å². The number of benzene rings is 2. The van der Waals surface area contributed by atoms with Crippen LogP contribution in [0.4, 0.5) is 13.6 Å². The van der Waals surface area contributed by atoms with E-state index in [0.29, 0.717) is 23.6 Å². The van der Waals surface area contributed by atoms with E-state index in [1.807, 2.05) is 55.7 Å². The normalized spacial score (nSPS) is 14.2. The second kappa shape index (κ2) is 20.4. The van der Waals surface area contributed by atoms with Gasteiger partial charge in [-0.3, -0.25) is 28.9 Å². The third-order valence-corrected chi connectivity index (χ3v) is 10.8. The smallest absolute Gasteiger partial charge is 0.407 e. The van der Waals surface area contributed by atoms with Crippen LogP contribution in [0.1, 0.15) is 44.5 Å². The van der Waals surface area contributed by atoms with Gasteiger partial charge in [0, 0.05) is 67.1 Å². The van der Waals surface area contributed by atoms with Crippen molar-refractivity contribution in [2.24, 2.45) is 5.41 Å². The van der Waals surface area contributed by atoms with Crippen LogP contribution in [0.2, 0.25) is 0 Å². The summed E-state index contributed by atoms with van der Waals surface area (Å²) in [5.74, 6) is -3.85. The van der Waals surface area contributed by atoms with E-state index in [-0.39, 0.29) is 38.2 Å². The Bertz CT molecular complexity index is 2010. The highest BCUT2D eigenvalue weighted by atomic mass is 32.3. The molecule has 0 spiro atoms. The lowest BCUT2D eigenvalue weighted by Gasteiger charge is -2.41. The fourth-order valence-electron chi connectivity index (χ4n) is 6.50. The van der Waals surface area contributed by atoms with E-state index < -0.39 is 87.9 Å². The van der Waals surface area contributed by atoms with E-state index in [1.54, 1.807) is 12.3 Å². The fraction of sp³-hybridized carbons (Fsp3) is 0.429. The highest BCUT2D eigenvalue weighted by Gasteiger charge is 2.38. The first-order valence-electron chi connectivity index (χ1n) is 19.0. The number of carbonyl (C=O) groups excluding carboxylic acids is 6. The van der Waals surface area contributed by atoms with Crippen molar-refractivity contribution < 1.29 is 47.4 Å². The lowest BCUT2D eigenvalue weighted by molar-refractivity contribution is -0.141. The molecule has 2 aromatic carbocycles. The number of amides is 6. The summed E-state index contributed by atoms with van der Waals surface area (Å²) in [6, 6.07) is 12.2. The number of nitrogens with one attached hydrogen (secondary N) is 3. The van der Waals surface area contributed by atoms with Gasteiger partial charge in [-0.2, -0.15) is 0 Å². The number of imide groups is 1. The minimum atomic E-state index is -1.26. The molecule has 2 heterocycles. The maximum atomic E-state index is 15.2. The number of carbonyl (C=O) groups is 6. The van der Waals surface area contributed by atoms with Crippen molar-refractivity contribution in [2.75, 3.05) is 63.9 Å². The molecule has 4 rings (SSSR count). The standard InChI is InChI=1S/C42H54F2N6O8S/c1-42(2,3)39(34-22-29(31-23-30(43)12-13-32(31)44)25-48(34)24-28-10-8-7-9-11-28)49(38(55)27-51)19-16-33(47-41(57)58-20-21-59(4,5)6)40(56)46-18-17-45-35(52)26-50-36(53)14-15-37(50)54/h7-15,22-23,25,33,39,51H,16-21,24,26-27H2,1-6H3,(H,45,52)(H,46,56)(H,47,57)/t33-,39-/m0/s1. The molecule has 3 aromatic rings. The molecule has 17 heteroatoms. The molecule has 0 unspecified atom stereocenters. The van der Waals surface area contributed by atoms with Crippen LogP contribution in [0, 0.1) is 17.0 Å². The Hall–Kier alpha value is -5.55. The van der Waals surface area contributed by atoms with Crippen molar-refractivity contribution in [1.29, 1.82) is 0 Å². The second-order valence-electron chi connectivity index (χ2n) is 16.1. The molecule has 0 saturated heterocycles. The fourth-order valence-corrected chi connectivity index (χ4v) is 7.09. The van der Waals surface area contributed by atoms with Gasteiger partial charge in [-0.15, -0.1) is 0 Å². The molecule has 14 nitrogen and oxygen atoms in total. The quantitative estimate of drug-likeness (QED) is 0.104. The average Bonchev–Trinajstić information content (AvgIpc) is 3.71. The average molecular weight is 841 g/mol. The van der Waals surface area contributed by atoms with Gasteiger partial charge >= 0.3 is 6.09 Å². The first kappa shape index (κ1) is 46.1. The predicted octanol–water partition coefficient (Wildman–Crippen LogP) is 3.73. The third kappa shape index (κ3) is 13.5. The van der Waals surface area contributed by atoms with E-state index >= 15 is 4.39 Å². The Kier molecular flexibility index (Phi) is 16.0. The van der Waals surface area contributed by atoms with Crippen LogP contribution in [0.3, 0.4) is 0 Å². The maximum absolute atomic E-state index is 15.2. The molecule has 2 atom stereocenters. The molecule has 0 radical (unpaired) electrons. The lowest BCUT2D eigenvalue weighted by Crippen LogP contribution is -2.51. The summed E-state index contributed by atoms with van der Waals surface area (Å²) in [5.41, 5.74) is 1.07. The minimum absolute atomic E-state index is 0.0180. The molecule has 0 aliphatic carbocycles. The number of hydrogen-bond acceptors (Lipinski definition) is 8. The first-order chi connectivity index (χ1) is 27.8. The Balaban J connectivity index is 1.61. The number of halogens is 2. The number of alkyl carbamates (subject to hydrolysis) is 1. The Morgan fingerprint density at radius 2 is 1.59 bits per heavy atom. The molecule has 320 valence electrons. The van der Waals surface area contributed by atoms with Crippen LogP contribution in [-0.4, -0.2) is 125 Å². The molecule has 0 saturated carbocycles. The zero-order chi connectivity index (χ0) is 43.5. The molecule has 4 N–H and O–H groups in total. The first-order valence-corrected chi connectivity index (χ1v) is 22.1. The minimum Gasteiger partial charge on any atom is -0.449 e. The van der Waals surface area contributed by atoms with Crippen LogP contribution in [0.25, 0.3) is 11.1 Å². The molecule has 1 aliphatic heterocycles. The summed E-state index contributed by atoms with van der Waals surface area (Å²) in [4.78, 5) is 78.6. The van der Waals surface area contributed by atoms with Crippen LogP contribution >= 0.6 is 10.0 Å². The highest BCUT2D eigenvalue weighted by molar-refractivity contribution is 8.32. The van der Waals surface area contributed by atoms with E-state index in [0.717, 1.165) is 40.8 Å². The molecular weight excluding hydrogens is 787 g/mol. The predicted molar refractivity (Wildman–Crippen MR) is 221 cm³/mol. The van der Waals surface area contributed by atoms with Gasteiger partial charge in [-0.1, -0.05) is 51.1 Å². The van der Waals surface area contributed by atoms with Gasteiger partial charge in [0.05, 0.1) is 6.04 Å². The SMILES string of the molecule is CC(C)(C)[C@H](c1cc(-c2cc(F)ccc2F)cn1Cc1ccccc1)N(CC[C@H](NC(=O)OCCS(C)(C)C)C(=O)NCCNC(=O)CN1C(=O)C=CC1=O)C(=O)CO. The van der Waals surface area contributed by atoms with Crippen LogP contribution in [0.15, 0.2) is 72.9 Å². The summed E-state index contributed by atoms with van der Waals surface area (Å²) in [5, 5.41) is 18.1. The number of aliphatic hydroxyl groups is 1. The summed E-state index contributed by atoms with van der Waals surface area (Å²) in [6.45, 7) is 4.35. The number of aliphatic hydroxyl groups excluding tert-OH is 1. The Morgan fingerprint density at radius 1 is 0.932 bits per heavy atom. The van der Waals surface area contributed by atoms with Crippen molar-refractivity contribution in [3.05, 3.63) is 95.8 Å². The Labute approximate surface area is 344 Å². The molecule has 0 fully saturated rings. The molecular formula is C42H54F2N6O8S. The summed E-state index contributed by atoms with van der Waals surface area (Å²) < 4.78 is 36.9. The van der Waals surface area contributed by atoms with Crippen molar-refractivity contribution in [1.82, 2.24) is 30.3 Å². The highest BCUT2D eigenvalue weighted by Crippen LogP contribution is 2.41. The third-order valence-electron chi connectivity index (χ3n) is 9.38. The number of aromatic nitrogens is 1. The van der Waals surface area contributed by atoms with Gasteiger partial charge < -0.3 is 35.3 Å². The number of ether oxygens (including phenoxy) is 1. The van der Waals surface area contributed by atoms with Crippen LogP contribution < -0.4 is 16.0 Å². The second-order valence-corrected chi connectivity index (χ2v) is 20.6. The number of nitrogens with zero attached hydrogens (tertiary/aromatic N) is 3. The monoisotopic (exact) mass is 840 g/mol. The molecule has 1 aromatic heterocycles. The van der Waals surface area contributed by atoms with E-state index in [4.69, 9.17) is 4.74 Å². The van der Waals surface area contributed by atoms with Gasteiger partial charge in [0.2, 0.25) is 17.7 Å². The molecule has 1 aliphatic rings. The molecule has 59 heavy (non-hydrogen) atoms. The van der Waals surface area contributed by atoms with Gasteiger partial charge in [0.1, 0.15) is 37.4 Å². The summed E-state index contributed by atoms with van der Waals surface area (Å²) in [7, 11) is -1.00. The van der Waals surface area contributed by atoms with E-state index in [2.05, 4.69) is 34.7 Å². The Morgan fingerprint density at radius 3 is 2.22 bits per heavy atom. The number of rotatable bonds is 19. The van der Waals surface area contributed by atoms with Crippen molar-refractivity contribution in [3.63, 3.8) is 0 Å². The maximum Gasteiger partial charge on any atom is 0.407 e. The van der Waals surface area contributed by atoms with Crippen molar-refractivity contribution in [3.8, 4) is 11.1 Å². The van der Waals surface area contributed by atoms with Gasteiger partial charge in [-0.25, -0.2) is 23.6 Å². The van der Waals surface area contributed by atoms with Gasteiger partial charge in [0.15, 0.2) is 0 Å². The van der Waals surface area contributed by atoms with Crippen LogP contribution in [0.5, 0.6) is 0 Å². The van der Waals surface area contributed by atoms with Gasteiger partial charge in [0.25, 0.3) is 11.8 Å².